The Morgan fingerprint density at radius 1 is 1.08 bits per heavy atom. The number of carbonyl (C=O) groups is 1. The van der Waals surface area contributed by atoms with Crippen LogP contribution in [-0.4, -0.2) is 12.6 Å². The van der Waals surface area contributed by atoms with Gasteiger partial charge in [0.05, 0.1) is 6.61 Å². The lowest BCUT2D eigenvalue weighted by Crippen LogP contribution is -2.10. The molecule has 4 heteroatoms. The largest absolute Gasteiger partial charge is 0.493 e. The molecule has 0 heterocycles. The lowest BCUT2D eigenvalue weighted by molar-refractivity contribution is -0.129. The molecule has 0 spiro atoms. The highest BCUT2D eigenvalue weighted by Crippen LogP contribution is 2.22. The molecular weight excluding hydrogens is 326 g/mol. The number of para-hydroxylation sites is 1. The summed E-state index contributed by atoms with van der Waals surface area (Å²) in [6, 6.07) is 16.6. The van der Waals surface area contributed by atoms with Crippen molar-refractivity contribution in [2.24, 2.45) is 0 Å². The number of esters is 1. The van der Waals surface area contributed by atoms with E-state index in [1.165, 1.54) is 11.6 Å². The standard InChI is InChI=1S/C22H23NO3/c1-3-7-17-10-12-20(13-11-17)26-22(24)19(16-23)15-18-8-5-6-9-21(18)25-14-4-2/h5-6,8-13,15H,3-4,7,14H2,1-2H3/b19-15+. The lowest BCUT2D eigenvalue weighted by atomic mass is 10.1. The molecule has 0 saturated heterocycles. The Morgan fingerprint density at radius 2 is 1.81 bits per heavy atom. The van der Waals surface area contributed by atoms with Gasteiger partial charge < -0.3 is 9.47 Å². The summed E-state index contributed by atoms with van der Waals surface area (Å²) in [5, 5.41) is 9.36. The number of hydrogen-bond acceptors (Lipinski definition) is 4. The Bertz CT molecular complexity index is 801. The third-order valence-corrected chi connectivity index (χ3v) is 3.69. The van der Waals surface area contributed by atoms with Crippen LogP contribution in [0.15, 0.2) is 54.1 Å². The number of rotatable bonds is 8. The minimum Gasteiger partial charge on any atom is -0.493 e. The molecule has 0 aromatic heterocycles. The Balaban J connectivity index is 2.16. The molecule has 0 aliphatic carbocycles. The number of hydrogen-bond donors (Lipinski definition) is 0. The van der Waals surface area contributed by atoms with Crippen LogP contribution < -0.4 is 9.47 Å². The zero-order valence-corrected chi connectivity index (χ0v) is 15.2. The van der Waals surface area contributed by atoms with Gasteiger partial charge in [-0.15, -0.1) is 0 Å². The van der Waals surface area contributed by atoms with Crippen molar-refractivity contribution in [1.82, 2.24) is 0 Å². The molecule has 0 amide bonds. The van der Waals surface area contributed by atoms with Gasteiger partial charge in [0.15, 0.2) is 0 Å². The summed E-state index contributed by atoms with van der Waals surface area (Å²) in [4.78, 5) is 12.3. The number of benzene rings is 2. The Morgan fingerprint density at radius 3 is 2.46 bits per heavy atom. The summed E-state index contributed by atoms with van der Waals surface area (Å²) in [6.07, 6.45) is 4.41. The first-order valence-electron chi connectivity index (χ1n) is 8.82. The maximum absolute atomic E-state index is 12.3. The van der Waals surface area contributed by atoms with Gasteiger partial charge >= 0.3 is 5.97 Å². The van der Waals surface area contributed by atoms with Gasteiger partial charge in [-0.05, 0) is 42.7 Å². The molecule has 2 aromatic carbocycles. The van der Waals surface area contributed by atoms with Crippen LogP contribution in [0.5, 0.6) is 11.5 Å². The summed E-state index contributed by atoms with van der Waals surface area (Å²) in [5.41, 5.74) is 1.79. The third-order valence-electron chi connectivity index (χ3n) is 3.69. The van der Waals surface area contributed by atoms with Crippen LogP contribution in [0.3, 0.4) is 0 Å². The van der Waals surface area contributed by atoms with Crippen molar-refractivity contribution in [3.63, 3.8) is 0 Å². The van der Waals surface area contributed by atoms with Gasteiger partial charge in [-0.2, -0.15) is 5.26 Å². The van der Waals surface area contributed by atoms with Crippen LogP contribution in [0.4, 0.5) is 0 Å². The van der Waals surface area contributed by atoms with Crippen molar-refractivity contribution in [1.29, 1.82) is 5.26 Å². The van der Waals surface area contributed by atoms with E-state index in [2.05, 4.69) is 6.92 Å². The van der Waals surface area contributed by atoms with E-state index in [1.54, 1.807) is 18.2 Å². The summed E-state index contributed by atoms with van der Waals surface area (Å²) in [7, 11) is 0. The fourth-order valence-corrected chi connectivity index (χ4v) is 2.41. The summed E-state index contributed by atoms with van der Waals surface area (Å²) in [5.74, 6) is 0.381. The number of nitriles is 1. The smallest absolute Gasteiger partial charge is 0.354 e. The minimum absolute atomic E-state index is 0.0739. The van der Waals surface area contributed by atoms with E-state index in [1.807, 2.05) is 43.3 Å². The van der Waals surface area contributed by atoms with E-state index < -0.39 is 5.97 Å². The van der Waals surface area contributed by atoms with E-state index in [0.717, 1.165) is 19.3 Å². The molecule has 0 unspecified atom stereocenters. The molecule has 0 atom stereocenters. The van der Waals surface area contributed by atoms with Gasteiger partial charge in [0, 0.05) is 5.56 Å². The Hall–Kier alpha value is -3.06. The van der Waals surface area contributed by atoms with E-state index in [0.29, 0.717) is 23.7 Å². The second-order valence-corrected chi connectivity index (χ2v) is 5.84. The predicted molar refractivity (Wildman–Crippen MR) is 102 cm³/mol. The molecule has 0 aliphatic rings. The average Bonchev–Trinajstić information content (AvgIpc) is 2.66. The summed E-state index contributed by atoms with van der Waals surface area (Å²) < 4.78 is 11.0. The monoisotopic (exact) mass is 349 g/mol. The molecule has 26 heavy (non-hydrogen) atoms. The van der Waals surface area contributed by atoms with Crippen molar-refractivity contribution < 1.29 is 14.3 Å². The summed E-state index contributed by atoms with van der Waals surface area (Å²) >= 11 is 0. The Labute approximate surface area is 154 Å². The maximum Gasteiger partial charge on any atom is 0.354 e. The van der Waals surface area contributed by atoms with E-state index in [4.69, 9.17) is 9.47 Å². The van der Waals surface area contributed by atoms with E-state index >= 15 is 0 Å². The van der Waals surface area contributed by atoms with Gasteiger partial charge in [0.1, 0.15) is 23.1 Å². The van der Waals surface area contributed by atoms with Crippen molar-refractivity contribution in [2.75, 3.05) is 6.61 Å². The maximum atomic E-state index is 12.3. The van der Waals surface area contributed by atoms with Gasteiger partial charge in [-0.25, -0.2) is 4.79 Å². The molecule has 2 aromatic rings. The van der Waals surface area contributed by atoms with Crippen LogP contribution in [0.25, 0.3) is 6.08 Å². The van der Waals surface area contributed by atoms with E-state index in [-0.39, 0.29) is 5.57 Å². The molecule has 0 radical (unpaired) electrons. The van der Waals surface area contributed by atoms with Crippen molar-refractivity contribution in [2.45, 2.75) is 33.1 Å². The number of nitrogens with zero attached hydrogens (tertiary/aromatic N) is 1. The van der Waals surface area contributed by atoms with Gasteiger partial charge in [-0.3, -0.25) is 0 Å². The zero-order valence-electron chi connectivity index (χ0n) is 15.2. The van der Waals surface area contributed by atoms with Crippen molar-refractivity contribution >= 4 is 12.0 Å². The lowest BCUT2D eigenvalue weighted by Gasteiger charge is -2.08. The van der Waals surface area contributed by atoms with Gasteiger partial charge in [0.2, 0.25) is 0 Å². The third kappa shape index (κ3) is 5.49. The van der Waals surface area contributed by atoms with Crippen LogP contribution >= 0.6 is 0 Å². The van der Waals surface area contributed by atoms with E-state index in [9.17, 15) is 10.1 Å². The highest BCUT2D eigenvalue weighted by Gasteiger charge is 2.13. The van der Waals surface area contributed by atoms with Crippen LogP contribution in [-0.2, 0) is 11.2 Å². The molecule has 0 N–H and O–H groups in total. The molecule has 0 saturated carbocycles. The molecule has 0 bridgehead atoms. The first kappa shape index (κ1) is 19.3. The average molecular weight is 349 g/mol. The van der Waals surface area contributed by atoms with Gasteiger partial charge in [0.25, 0.3) is 0 Å². The summed E-state index contributed by atoms with van der Waals surface area (Å²) in [6.45, 7) is 4.70. The Kier molecular flexibility index (Phi) is 7.45. The molecule has 134 valence electrons. The molecule has 2 rings (SSSR count). The number of aryl methyl sites for hydroxylation is 1. The highest BCUT2D eigenvalue weighted by atomic mass is 16.5. The number of ether oxygens (including phenoxy) is 2. The van der Waals surface area contributed by atoms with Crippen LogP contribution in [0, 0.1) is 11.3 Å². The minimum atomic E-state index is -0.680. The fraction of sp³-hybridized carbons (Fsp3) is 0.273. The quantitative estimate of drug-likeness (QED) is 0.293. The zero-order chi connectivity index (χ0) is 18.8. The molecule has 0 fully saturated rings. The molecular formula is C22H23NO3. The molecule has 0 aliphatic heterocycles. The topological polar surface area (TPSA) is 59.3 Å². The second-order valence-electron chi connectivity index (χ2n) is 5.84. The van der Waals surface area contributed by atoms with Gasteiger partial charge in [-0.1, -0.05) is 50.6 Å². The SMILES string of the molecule is CCCOc1ccccc1/C=C(\C#N)C(=O)Oc1ccc(CCC)cc1. The fourth-order valence-electron chi connectivity index (χ4n) is 2.41. The highest BCUT2D eigenvalue weighted by molar-refractivity contribution is 5.99. The van der Waals surface area contributed by atoms with Crippen molar-refractivity contribution in [3.05, 3.63) is 65.2 Å². The first-order valence-corrected chi connectivity index (χ1v) is 8.82. The normalized spacial score (nSPS) is 10.9. The van der Waals surface area contributed by atoms with Crippen LogP contribution in [0.2, 0.25) is 0 Å². The first-order chi connectivity index (χ1) is 12.7. The van der Waals surface area contributed by atoms with Crippen LogP contribution in [0.1, 0.15) is 37.8 Å². The second kappa shape index (κ2) is 10.0. The number of carbonyl (C=O) groups excluding carboxylic acids is 1. The predicted octanol–water partition coefficient (Wildman–Crippen LogP) is 4.94. The van der Waals surface area contributed by atoms with Crippen molar-refractivity contribution in [3.8, 4) is 17.6 Å². The molecule has 4 nitrogen and oxygen atoms in total.